The molecule has 2 N–H and O–H groups in total. The molecule has 0 radical (unpaired) electrons. The SMILES string of the molecule is CCn1c(CO)nn(-c2cc(OCC(F)(F)F)c(C(=O)Nc3c(C)ccnc3OC)cc2F)c1=O. The van der Waals surface area contributed by atoms with Crippen molar-refractivity contribution in [1.82, 2.24) is 19.3 Å². The summed E-state index contributed by atoms with van der Waals surface area (Å²) in [4.78, 5) is 29.5. The second-order valence-electron chi connectivity index (χ2n) is 7.18. The molecular weight excluding hydrogens is 478 g/mol. The number of hydrogen-bond acceptors (Lipinski definition) is 7. The van der Waals surface area contributed by atoms with Gasteiger partial charge in [-0.3, -0.25) is 9.36 Å². The molecule has 188 valence electrons. The van der Waals surface area contributed by atoms with Crippen molar-refractivity contribution in [3.05, 3.63) is 57.6 Å². The van der Waals surface area contributed by atoms with Gasteiger partial charge in [0.1, 0.15) is 29.5 Å². The molecule has 0 saturated heterocycles. The summed E-state index contributed by atoms with van der Waals surface area (Å²) in [5.74, 6) is -2.86. The Hall–Kier alpha value is -3.94. The van der Waals surface area contributed by atoms with Crippen LogP contribution in [-0.2, 0) is 13.2 Å². The van der Waals surface area contributed by atoms with Gasteiger partial charge in [0.25, 0.3) is 5.91 Å². The van der Waals surface area contributed by atoms with Crippen molar-refractivity contribution in [3.8, 4) is 17.3 Å². The number of nitrogens with one attached hydrogen (secondary N) is 1. The Labute approximate surface area is 195 Å². The molecule has 0 atom stereocenters. The Balaban J connectivity index is 2.12. The molecule has 2 heterocycles. The number of anilines is 1. The van der Waals surface area contributed by atoms with E-state index in [1.54, 1.807) is 19.9 Å². The van der Waals surface area contributed by atoms with Gasteiger partial charge in [0.15, 0.2) is 12.4 Å². The van der Waals surface area contributed by atoms with E-state index in [0.29, 0.717) is 16.3 Å². The first-order valence-corrected chi connectivity index (χ1v) is 10.1. The maximum atomic E-state index is 15.1. The minimum atomic E-state index is -4.77. The number of aryl methyl sites for hydroxylation is 1. The van der Waals surface area contributed by atoms with E-state index in [2.05, 4.69) is 15.4 Å². The number of aliphatic hydroxyl groups excluding tert-OH is 1. The number of amides is 1. The Kier molecular flexibility index (Phi) is 7.43. The largest absolute Gasteiger partial charge is 0.483 e. The monoisotopic (exact) mass is 499 g/mol. The van der Waals surface area contributed by atoms with Gasteiger partial charge in [-0.2, -0.15) is 17.9 Å². The molecule has 0 unspecified atom stereocenters. The number of benzene rings is 1. The van der Waals surface area contributed by atoms with E-state index in [0.717, 1.165) is 10.6 Å². The van der Waals surface area contributed by atoms with Gasteiger partial charge < -0.3 is 19.9 Å². The first-order valence-electron chi connectivity index (χ1n) is 10.1. The van der Waals surface area contributed by atoms with Crippen LogP contribution in [-0.4, -0.2) is 50.2 Å². The molecular formula is C21H21F4N5O5. The van der Waals surface area contributed by atoms with Crippen LogP contribution >= 0.6 is 0 Å². The van der Waals surface area contributed by atoms with Crippen molar-refractivity contribution in [3.63, 3.8) is 0 Å². The fourth-order valence-electron chi connectivity index (χ4n) is 3.21. The number of carbonyl (C=O) groups excluding carboxylic acids is 1. The van der Waals surface area contributed by atoms with E-state index >= 15 is 4.39 Å². The predicted molar refractivity (Wildman–Crippen MR) is 114 cm³/mol. The first-order chi connectivity index (χ1) is 16.5. The van der Waals surface area contributed by atoms with Crippen LogP contribution in [0.15, 0.2) is 29.2 Å². The van der Waals surface area contributed by atoms with Gasteiger partial charge in [-0.15, -0.1) is 5.10 Å². The van der Waals surface area contributed by atoms with Crippen LogP contribution in [0.3, 0.4) is 0 Å². The summed E-state index contributed by atoms with van der Waals surface area (Å²) in [5.41, 5.74) is -1.35. The highest BCUT2D eigenvalue weighted by molar-refractivity contribution is 6.07. The van der Waals surface area contributed by atoms with Crippen LogP contribution in [0.5, 0.6) is 11.6 Å². The lowest BCUT2D eigenvalue weighted by molar-refractivity contribution is -0.153. The first kappa shape index (κ1) is 25.7. The second kappa shape index (κ2) is 10.1. The van der Waals surface area contributed by atoms with Crippen LogP contribution < -0.4 is 20.5 Å². The van der Waals surface area contributed by atoms with Crippen LogP contribution in [0.2, 0.25) is 0 Å². The van der Waals surface area contributed by atoms with Crippen LogP contribution in [0.4, 0.5) is 23.2 Å². The van der Waals surface area contributed by atoms with Gasteiger partial charge in [-0.05, 0) is 31.5 Å². The number of alkyl halides is 3. The number of halogens is 4. The summed E-state index contributed by atoms with van der Waals surface area (Å²) in [7, 11) is 1.30. The van der Waals surface area contributed by atoms with E-state index in [1.807, 2.05) is 0 Å². The molecule has 10 nitrogen and oxygen atoms in total. The van der Waals surface area contributed by atoms with E-state index in [9.17, 15) is 27.9 Å². The molecule has 3 rings (SSSR count). The second-order valence-corrected chi connectivity index (χ2v) is 7.18. The maximum absolute atomic E-state index is 15.1. The van der Waals surface area contributed by atoms with Gasteiger partial charge in [0.2, 0.25) is 5.88 Å². The third-order valence-corrected chi connectivity index (χ3v) is 4.87. The van der Waals surface area contributed by atoms with Crippen molar-refractivity contribution in [2.75, 3.05) is 19.0 Å². The molecule has 0 spiro atoms. The quantitative estimate of drug-likeness (QED) is 0.457. The summed E-state index contributed by atoms with van der Waals surface area (Å²) in [6, 6.07) is 2.95. The predicted octanol–water partition coefficient (Wildman–Crippen LogP) is 2.59. The highest BCUT2D eigenvalue weighted by atomic mass is 19.4. The molecule has 1 aromatic carbocycles. The van der Waals surface area contributed by atoms with Crippen molar-refractivity contribution in [1.29, 1.82) is 0 Å². The third kappa shape index (κ3) is 5.42. The normalized spacial score (nSPS) is 11.4. The number of carbonyl (C=O) groups is 1. The average molecular weight is 499 g/mol. The summed E-state index contributed by atoms with van der Waals surface area (Å²) >= 11 is 0. The highest BCUT2D eigenvalue weighted by Crippen LogP contribution is 2.30. The molecule has 35 heavy (non-hydrogen) atoms. The number of ether oxygens (including phenoxy) is 2. The topological polar surface area (TPSA) is 120 Å². The maximum Gasteiger partial charge on any atom is 0.422 e. The van der Waals surface area contributed by atoms with E-state index in [4.69, 9.17) is 9.47 Å². The Morgan fingerprint density at radius 2 is 2.00 bits per heavy atom. The van der Waals surface area contributed by atoms with E-state index in [-0.39, 0.29) is 23.9 Å². The van der Waals surface area contributed by atoms with Gasteiger partial charge in [0.05, 0.1) is 12.7 Å². The zero-order valence-electron chi connectivity index (χ0n) is 18.8. The standard InChI is InChI=1S/C21H21F4N5O5/c1-4-29-16(9-31)28-30(20(29)33)14-8-15(35-10-21(23,24)25)12(7-13(14)22)18(32)27-17-11(2)5-6-26-19(17)34-3/h5-8,31H,4,9-10H2,1-3H3,(H,27,32). The van der Waals surface area contributed by atoms with Crippen LogP contribution in [0, 0.1) is 12.7 Å². The molecule has 14 heteroatoms. The average Bonchev–Trinajstić information content (AvgIpc) is 3.13. The van der Waals surface area contributed by atoms with Crippen LogP contribution in [0.25, 0.3) is 5.69 Å². The zero-order chi connectivity index (χ0) is 25.9. The molecule has 0 aliphatic heterocycles. The molecule has 3 aromatic rings. The van der Waals surface area contributed by atoms with Gasteiger partial charge in [-0.25, -0.2) is 14.2 Å². The third-order valence-electron chi connectivity index (χ3n) is 4.87. The molecule has 0 fully saturated rings. The number of rotatable bonds is 8. The number of aliphatic hydroxyl groups is 1. The minimum Gasteiger partial charge on any atom is -0.483 e. The van der Waals surface area contributed by atoms with Gasteiger partial charge >= 0.3 is 11.9 Å². The number of nitrogens with zero attached hydrogens (tertiary/aromatic N) is 4. The van der Waals surface area contributed by atoms with Crippen molar-refractivity contribution >= 4 is 11.6 Å². The smallest absolute Gasteiger partial charge is 0.422 e. The molecule has 0 aliphatic rings. The number of pyridine rings is 1. The van der Waals surface area contributed by atoms with Crippen molar-refractivity contribution in [2.45, 2.75) is 33.2 Å². The molecule has 1 amide bonds. The Morgan fingerprint density at radius 1 is 1.29 bits per heavy atom. The lowest BCUT2D eigenvalue weighted by atomic mass is 10.1. The van der Waals surface area contributed by atoms with Crippen LogP contribution in [0.1, 0.15) is 28.7 Å². The van der Waals surface area contributed by atoms with Gasteiger partial charge in [0, 0.05) is 18.8 Å². The molecule has 2 aromatic heterocycles. The fraction of sp³-hybridized carbons (Fsp3) is 0.333. The molecule has 0 saturated carbocycles. The molecule has 0 aliphatic carbocycles. The minimum absolute atomic E-state index is 0.0291. The number of methoxy groups -OCH3 is 1. The molecule has 0 bridgehead atoms. The summed E-state index contributed by atoms with van der Waals surface area (Å²) in [5, 5.41) is 15.7. The Morgan fingerprint density at radius 3 is 2.57 bits per heavy atom. The number of aromatic nitrogens is 4. The summed E-state index contributed by atoms with van der Waals surface area (Å²) in [6.45, 7) is 0.888. The van der Waals surface area contributed by atoms with Crippen molar-refractivity contribution < 1.29 is 36.9 Å². The van der Waals surface area contributed by atoms with E-state index in [1.165, 1.54) is 13.3 Å². The van der Waals surface area contributed by atoms with Gasteiger partial charge in [-0.1, -0.05) is 0 Å². The highest BCUT2D eigenvalue weighted by Gasteiger charge is 2.30. The summed E-state index contributed by atoms with van der Waals surface area (Å²) in [6.07, 6.45) is -3.35. The lowest BCUT2D eigenvalue weighted by Crippen LogP contribution is -2.25. The van der Waals surface area contributed by atoms with Crippen molar-refractivity contribution in [2.24, 2.45) is 0 Å². The fourth-order valence-corrected chi connectivity index (χ4v) is 3.21. The number of hydrogen-bond donors (Lipinski definition) is 2. The lowest BCUT2D eigenvalue weighted by Gasteiger charge is -2.16. The van der Waals surface area contributed by atoms with E-state index < -0.39 is 53.8 Å². The summed E-state index contributed by atoms with van der Waals surface area (Å²) < 4.78 is 65.2. The Bertz CT molecular complexity index is 1300. The zero-order valence-corrected chi connectivity index (χ0v) is 18.8.